The Morgan fingerprint density at radius 1 is 0.929 bits per heavy atom. The molecule has 0 spiro atoms. The van der Waals surface area contributed by atoms with Gasteiger partial charge in [0.2, 0.25) is 0 Å². The van der Waals surface area contributed by atoms with E-state index in [1.807, 2.05) is 0 Å². The maximum absolute atomic E-state index is 10.9. The van der Waals surface area contributed by atoms with Crippen molar-refractivity contribution in [2.45, 2.75) is 44.7 Å². The summed E-state index contributed by atoms with van der Waals surface area (Å²) in [5, 5.41) is 0. The van der Waals surface area contributed by atoms with Crippen molar-refractivity contribution in [2.75, 3.05) is 43.6 Å². The number of benzene rings is 1. The summed E-state index contributed by atoms with van der Waals surface area (Å²) in [5.74, 6) is 0.268. The van der Waals surface area contributed by atoms with Crippen LogP contribution in [0.15, 0.2) is 36.7 Å². The first-order valence-electron chi connectivity index (χ1n) is 10.5. The van der Waals surface area contributed by atoms with E-state index >= 15 is 0 Å². The van der Waals surface area contributed by atoms with Gasteiger partial charge in [0, 0.05) is 56.9 Å². The van der Waals surface area contributed by atoms with Crippen LogP contribution in [0.2, 0.25) is 0 Å². The van der Waals surface area contributed by atoms with Gasteiger partial charge in [0.25, 0.3) is 0 Å². The Morgan fingerprint density at radius 3 is 2.29 bits per heavy atom. The van der Waals surface area contributed by atoms with E-state index in [1.165, 1.54) is 43.4 Å². The molecular formula is C21H32N4O2S. The van der Waals surface area contributed by atoms with Crippen LogP contribution < -0.4 is 4.90 Å². The standard InChI is InChI=1S/C21H32N4O2S/c26-28(27)18-23-12-10-22(11-13-23)16-19-6-8-21(9-7-19)25-15-14-24(17-25)20-4-2-1-3-5-20/h6-9,14-15,20H,1-5,10-13,16-18H2,(H,26,27). The van der Waals surface area contributed by atoms with E-state index in [2.05, 4.69) is 56.3 Å². The van der Waals surface area contributed by atoms with Crippen molar-refractivity contribution in [3.05, 3.63) is 42.2 Å². The number of nitrogens with zero attached hydrogens (tertiary/aromatic N) is 4. The molecular weight excluding hydrogens is 372 g/mol. The maximum atomic E-state index is 10.9. The van der Waals surface area contributed by atoms with E-state index in [9.17, 15) is 4.21 Å². The smallest absolute Gasteiger partial charge is 0.167 e. The first-order chi connectivity index (χ1) is 13.7. The number of rotatable bonds is 6. The van der Waals surface area contributed by atoms with Gasteiger partial charge in [0.15, 0.2) is 11.1 Å². The highest BCUT2D eigenvalue weighted by molar-refractivity contribution is 7.79. The third-order valence-electron chi connectivity index (χ3n) is 6.23. The third kappa shape index (κ3) is 5.14. The van der Waals surface area contributed by atoms with Crippen LogP contribution in [0.25, 0.3) is 0 Å². The zero-order chi connectivity index (χ0) is 19.3. The first-order valence-corrected chi connectivity index (χ1v) is 11.8. The molecule has 1 aromatic rings. The third-order valence-corrected chi connectivity index (χ3v) is 6.82. The van der Waals surface area contributed by atoms with Crippen molar-refractivity contribution in [3.63, 3.8) is 0 Å². The zero-order valence-corrected chi connectivity index (χ0v) is 17.4. The van der Waals surface area contributed by atoms with Crippen molar-refractivity contribution >= 4 is 16.8 Å². The molecule has 1 aromatic carbocycles. The van der Waals surface area contributed by atoms with E-state index < -0.39 is 11.1 Å². The first kappa shape index (κ1) is 19.9. The molecule has 6 nitrogen and oxygen atoms in total. The number of hydrogen-bond acceptors (Lipinski definition) is 5. The molecule has 0 bridgehead atoms. The Bertz CT molecular complexity index is 682. The van der Waals surface area contributed by atoms with E-state index in [0.717, 1.165) is 45.4 Å². The molecule has 1 N–H and O–H groups in total. The van der Waals surface area contributed by atoms with Crippen LogP contribution in [0.1, 0.15) is 37.7 Å². The fourth-order valence-electron chi connectivity index (χ4n) is 4.54. The summed E-state index contributed by atoms with van der Waals surface area (Å²) >= 11 is -1.73. The lowest BCUT2D eigenvalue weighted by molar-refractivity contribution is 0.141. The summed E-state index contributed by atoms with van der Waals surface area (Å²) in [6.07, 6.45) is 11.3. The molecule has 1 saturated heterocycles. The lowest BCUT2D eigenvalue weighted by Gasteiger charge is -2.34. The van der Waals surface area contributed by atoms with Gasteiger partial charge in [0.05, 0.1) is 6.67 Å². The van der Waals surface area contributed by atoms with Crippen LogP contribution >= 0.6 is 0 Å². The molecule has 1 atom stereocenters. The molecule has 2 fully saturated rings. The minimum absolute atomic E-state index is 0.268. The normalized spacial score (nSPS) is 23.5. The summed E-state index contributed by atoms with van der Waals surface area (Å²) in [7, 11) is 0. The van der Waals surface area contributed by atoms with Crippen molar-refractivity contribution in [2.24, 2.45) is 0 Å². The van der Waals surface area contributed by atoms with Gasteiger partial charge >= 0.3 is 0 Å². The summed E-state index contributed by atoms with van der Waals surface area (Å²) in [6.45, 7) is 5.53. The molecule has 1 saturated carbocycles. The molecule has 1 aliphatic carbocycles. The Kier molecular flexibility index (Phi) is 6.67. The lowest BCUT2D eigenvalue weighted by atomic mass is 9.95. The Balaban J connectivity index is 1.25. The quantitative estimate of drug-likeness (QED) is 0.736. The van der Waals surface area contributed by atoms with E-state index in [4.69, 9.17) is 4.55 Å². The molecule has 4 rings (SSSR count). The molecule has 3 aliphatic rings. The molecule has 7 heteroatoms. The average Bonchev–Trinajstić information content (AvgIpc) is 3.21. The van der Waals surface area contributed by atoms with Gasteiger partial charge in [-0.25, -0.2) is 4.21 Å². The molecule has 2 heterocycles. The summed E-state index contributed by atoms with van der Waals surface area (Å²) < 4.78 is 20.0. The topological polar surface area (TPSA) is 50.3 Å². The fourth-order valence-corrected chi connectivity index (χ4v) is 5.11. The van der Waals surface area contributed by atoms with E-state index in [1.54, 1.807) is 0 Å². The van der Waals surface area contributed by atoms with Crippen molar-refractivity contribution in [1.82, 2.24) is 14.7 Å². The SMILES string of the molecule is O=S(O)CN1CCN(Cc2ccc(N3C=CN(C4CCCCC4)C3)cc2)CC1. The Morgan fingerprint density at radius 2 is 1.61 bits per heavy atom. The second-order valence-corrected chi connectivity index (χ2v) is 9.13. The second kappa shape index (κ2) is 9.39. The zero-order valence-electron chi connectivity index (χ0n) is 16.6. The van der Waals surface area contributed by atoms with Gasteiger partial charge in [-0.1, -0.05) is 31.4 Å². The second-order valence-electron chi connectivity index (χ2n) is 8.23. The molecule has 0 amide bonds. The van der Waals surface area contributed by atoms with E-state index in [0.29, 0.717) is 0 Å². The van der Waals surface area contributed by atoms with Crippen molar-refractivity contribution in [1.29, 1.82) is 0 Å². The van der Waals surface area contributed by atoms with Gasteiger partial charge in [0.1, 0.15) is 5.88 Å². The van der Waals surface area contributed by atoms with Crippen LogP contribution in [0.4, 0.5) is 5.69 Å². The van der Waals surface area contributed by atoms with Crippen molar-refractivity contribution < 1.29 is 8.76 Å². The Hall–Kier alpha value is -1.41. The highest BCUT2D eigenvalue weighted by Gasteiger charge is 2.23. The molecule has 154 valence electrons. The van der Waals surface area contributed by atoms with Gasteiger partial charge in [-0.3, -0.25) is 9.80 Å². The lowest BCUT2D eigenvalue weighted by Crippen LogP contribution is -2.46. The Labute approximate surface area is 171 Å². The predicted molar refractivity (Wildman–Crippen MR) is 114 cm³/mol. The van der Waals surface area contributed by atoms with Crippen LogP contribution in [0, 0.1) is 0 Å². The molecule has 0 radical (unpaired) electrons. The molecule has 2 aliphatic heterocycles. The van der Waals surface area contributed by atoms with Crippen LogP contribution in [-0.2, 0) is 17.6 Å². The maximum Gasteiger partial charge on any atom is 0.167 e. The molecule has 0 aromatic heterocycles. The van der Waals surface area contributed by atoms with Gasteiger partial charge in [-0.2, -0.15) is 0 Å². The number of piperazine rings is 1. The van der Waals surface area contributed by atoms with Crippen molar-refractivity contribution in [3.8, 4) is 0 Å². The average molecular weight is 405 g/mol. The summed E-state index contributed by atoms with van der Waals surface area (Å²) in [6, 6.07) is 9.66. The number of hydrogen-bond donors (Lipinski definition) is 1. The number of anilines is 1. The molecule has 28 heavy (non-hydrogen) atoms. The highest BCUT2D eigenvalue weighted by atomic mass is 32.2. The fraction of sp³-hybridized carbons (Fsp3) is 0.619. The van der Waals surface area contributed by atoms with E-state index in [-0.39, 0.29) is 5.88 Å². The predicted octanol–water partition coefficient (Wildman–Crippen LogP) is 2.87. The highest BCUT2D eigenvalue weighted by Crippen LogP contribution is 2.27. The minimum Gasteiger partial charge on any atom is -0.355 e. The van der Waals surface area contributed by atoms with Gasteiger partial charge < -0.3 is 14.4 Å². The molecule has 1 unspecified atom stereocenters. The van der Waals surface area contributed by atoms with Crippen LogP contribution in [0.3, 0.4) is 0 Å². The van der Waals surface area contributed by atoms with Crippen LogP contribution in [0.5, 0.6) is 0 Å². The minimum atomic E-state index is -1.73. The van der Waals surface area contributed by atoms with Gasteiger partial charge in [-0.15, -0.1) is 0 Å². The summed E-state index contributed by atoms with van der Waals surface area (Å²) in [5.41, 5.74) is 2.59. The monoisotopic (exact) mass is 404 g/mol. The van der Waals surface area contributed by atoms with Crippen LogP contribution in [-0.4, -0.2) is 68.2 Å². The largest absolute Gasteiger partial charge is 0.355 e. The van der Waals surface area contributed by atoms with Gasteiger partial charge in [-0.05, 0) is 30.5 Å². The summed E-state index contributed by atoms with van der Waals surface area (Å²) in [4.78, 5) is 9.33.